The first kappa shape index (κ1) is 21.7. The number of rotatable bonds is 4. The van der Waals surface area contributed by atoms with E-state index in [1.807, 2.05) is 4.90 Å². The number of aromatic nitrogens is 3. The minimum atomic E-state index is -4.69. The van der Waals surface area contributed by atoms with Gasteiger partial charge in [0.1, 0.15) is 0 Å². The number of alkyl halides is 3. The fraction of sp³-hybridized carbons (Fsp3) is 0.471. The molecule has 0 radical (unpaired) electrons. The zero-order valence-corrected chi connectivity index (χ0v) is 16.9. The predicted octanol–water partition coefficient (Wildman–Crippen LogP) is 3.18. The standard InChI is InChI=1S/C17H18Cl2F3N5O2/c1-25-15(17(20,21)22)24-27(16(25)29)11-4-6-26(7-5-11)9-14(28)23-10-2-3-12(18)13(19)8-10/h2-3,8,11H,4-7,9H2,1H3,(H,23,28). The Balaban J connectivity index is 1.57. The summed E-state index contributed by atoms with van der Waals surface area (Å²) in [5.74, 6) is -1.47. The molecule has 1 aromatic carbocycles. The first-order valence-electron chi connectivity index (χ1n) is 8.76. The maximum Gasteiger partial charge on any atom is 0.451 e. The molecule has 1 saturated heterocycles. The molecule has 12 heteroatoms. The van der Waals surface area contributed by atoms with Gasteiger partial charge in [0.05, 0.1) is 22.6 Å². The Kier molecular flexibility index (Phi) is 6.25. The smallest absolute Gasteiger partial charge is 0.325 e. The van der Waals surface area contributed by atoms with E-state index in [1.54, 1.807) is 18.2 Å². The van der Waals surface area contributed by atoms with Crippen LogP contribution in [0, 0.1) is 0 Å². The lowest BCUT2D eigenvalue weighted by Crippen LogP contribution is -2.41. The van der Waals surface area contributed by atoms with E-state index in [9.17, 15) is 22.8 Å². The summed E-state index contributed by atoms with van der Waals surface area (Å²) in [6.45, 7) is 1.01. The predicted molar refractivity (Wildman–Crippen MR) is 102 cm³/mol. The molecule has 0 atom stereocenters. The second kappa shape index (κ2) is 8.37. The Morgan fingerprint density at radius 1 is 1.24 bits per heavy atom. The first-order valence-corrected chi connectivity index (χ1v) is 9.52. The number of nitrogens with one attached hydrogen (secondary N) is 1. The van der Waals surface area contributed by atoms with Crippen LogP contribution in [-0.4, -0.2) is 44.8 Å². The molecule has 0 bridgehead atoms. The van der Waals surface area contributed by atoms with Crippen LogP contribution >= 0.6 is 23.2 Å². The van der Waals surface area contributed by atoms with Crippen molar-refractivity contribution < 1.29 is 18.0 Å². The van der Waals surface area contributed by atoms with E-state index in [0.29, 0.717) is 46.2 Å². The number of hydrogen-bond donors (Lipinski definition) is 1. The molecule has 0 aliphatic carbocycles. The third kappa shape index (κ3) is 4.93. The molecule has 7 nitrogen and oxygen atoms in total. The van der Waals surface area contributed by atoms with E-state index in [4.69, 9.17) is 23.2 Å². The number of halogens is 5. The van der Waals surface area contributed by atoms with Gasteiger partial charge in [0, 0.05) is 25.8 Å². The lowest BCUT2D eigenvalue weighted by molar-refractivity contribution is -0.147. The molecule has 1 aliphatic rings. The number of likely N-dealkylation sites (tertiary alicyclic amines) is 1. The molecule has 1 aromatic heterocycles. The van der Waals surface area contributed by atoms with Crippen LogP contribution in [0.5, 0.6) is 0 Å². The van der Waals surface area contributed by atoms with Gasteiger partial charge in [0.15, 0.2) is 0 Å². The number of carbonyl (C=O) groups is 1. The van der Waals surface area contributed by atoms with Crippen molar-refractivity contribution in [1.29, 1.82) is 0 Å². The molecule has 1 fully saturated rings. The van der Waals surface area contributed by atoms with Crippen LogP contribution in [0.4, 0.5) is 18.9 Å². The van der Waals surface area contributed by atoms with Crippen LogP contribution in [0.3, 0.4) is 0 Å². The molecule has 1 aliphatic heterocycles. The third-order valence-corrected chi connectivity index (χ3v) is 5.47. The third-order valence-electron chi connectivity index (χ3n) is 4.73. The van der Waals surface area contributed by atoms with Crippen LogP contribution in [0.15, 0.2) is 23.0 Å². The van der Waals surface area contributed by atoms with Crippen molar-refractivity contribution in [2.24, 2.45) is 7.05 Å². The van der Waals surface area contributed by atoms with E-state index in [0.717, 1.165) is 11.7 Å². The number of benzene rings is 1. The molecule has 1 amide bonds. The highest BCUT2D eigenvalue weighted by Crippen LogP contribution is 2.28. The summed E-state index contributed by atoms with van der Waals surface area (Å²) in [6, 6.07) is 4.30. The SMILES string of the molecule is Cn1c(C(F)(F)F)nn(C2CCN(CC(=O)Nc3ccc(Cl)c(Cl)c3)CC2)c1=O. The van der Waals surface area contributed by atoms with Crippen molar-refractivity contribution in [1.82, 2.24) is 19.2 Å². The lowest BCUT2D eigenvalue weighted by atomic mass is 10.1. The van der Waals surface area contributed by atoms with Crippen molar-refractivity contribution in [3.05, 3.63) is 44.6 Å². The average molecular weight is 452 g/mol. The summed E-state index contributed by atoms with van der Waals surface area (Å²) >= 11 is 11.8. The summed E-state index contributed by atoms with van der Waals surface area (Å²) in [5, 5.41) is 6.90. The largest absolute Gasteiger partial charge is 0.451 e. The van der Waals surface area contributed by atoms with Gasteiger partial charge >= 0.3 is 11.9 Å². The number of piperidine rings is 1. The monoisotopic (exact) mass is 451 g/mol. The number of carbonyl (C=O) groups excluding carboxylic acids is 1. The van der Waals surface area contributed by atoms with Crippen LogP contribution in [0.1, 0.15) is 24.7 Å². The zero-order chi connectivity index (χ0) is 21.3. The Bertz CT molecular complexity index is 965. The van der Waals surface area contributed by atoms with Crippen molar-refractivity contribution in [3.63, 3.8) is 0 Å². The van der Waals surface area contributed by atoms with Crippen molar-refractivity contribution in [2.75, 3.05) is 25.0 Å². The van der Waals surface area contributed by atoms with E-state index in [2.05, 4.69) is 10.4 Å². The molecule has 29 heavy (non-hydrogen) atoms. The molecule has 0 spiro atoms. The molecule has 158 valence electrons. The van der Waals surface area contributed by atoms with Crippen LogP contribution < -0.4 is 11.0 Å². The lowest BCUT2D eigenvalue weighted by Gasteiger charge is -2.31. The summed E-state index contributed by atoms with van der Waals surface area (Å²) in [5.41, 5.74) is -0.285. The number of hydrogen-bond acceptors (Lipinski definition) is 4. The van der Waals surface area contributed by atoms with E-state index in [-0.39, 0.29) is 12.5 Å². The van der Waals surface area contributed by atoms with E-state index in [1.165, 1.54) is 0 Å². The minimum Gasteiger partial charge on any atom is -0.325 e. The highest BCUT2D eigenvalue weighted by Gasteiger charge is 2.39. The molecular weight excluding hydrogens is 434 g/mol. The van der Waals surface area contributed by atoms with Crippen molar-refractivity contribution >= 4 is 34.8 Å². The number of amides is 1. The summed E-state index contributed by atoms with van der Waals surface area (Å²) < 4.78 is 40.2. The van der Waals surface area contributed by atoms with Crippen molar-refractivity contribution in [2.45, 2.75) is 25.1 Å². The van der Waals surface area contributed by atoms with E-state index >= 15 is 0 Å². The normalized spacial score (nSPS) is 16.2. The summed E-state index contributed by atoms with van der Waals surface area (Å²) in [4.78, 5) is 26.2. The molecule has 1 N–H and O–H groups in total. The molecular formula is C17H18Cl2F3N5O2. The van der Waals surface area contributed by atoms with Gasteiger partial charge in [-0.3, -0.25) is 14.3 Å². The minimum absolute atomic E-state index is 0.109. The Morgan fingerprint density at radius 3 is 2.45 bits per heavy atom. The Morgan fingerprint density at radius 2 is 1.90 bits per heavy atom. The molecule has 2 heterocycles. The second-order valence-electron chi connectivity index (χ2n) is 6.79. The first-order chi connectivity index (χ1) is 13.6. The maximum atomic E-state index is 12.9. The van der Waals surface area contributed by atoms with Crippen molar-refractivity contribution in [3.8, 4) is 0 Å². The van der Waals surface area contributed by atoms with Gasteiger partial charge in [-0.25, -0.2) is 9.48 Å². The van der Waals surface area contributed by atoms with Gasteiger partial charge in [0.2, 0.25) is 11.7 Å². The number of anilines is 1. The topological polar surface area (TPSA) is 72.2 Å². The van der Waals surface area contributed by atoms with Gasteiger partial charge in [-0.15, -0.1) is 5.10 Å². The Labute approximate surface area is 174 Å². The highest BCUT2D eigenvalue weighted by molar-refractivity contribution is 6.42. The Hall–Kier alpha value is -2.04. The average Bonchev–Trinajstić information content (AvgIpc) is 2.94. The fourth-order valence-electron chi connectivity index (χ4n) is 3.24. The van der Waals surface area contributed by atoms with Gasteiger partial charge in [-0.2, -0.15) is 13.2 Å². The molecule has 3 rings (SSSR count). The van der Waals surface area contributed by atoms with Gasteiger partial charge < -0.3 is 5.32 Å². The molecule has 0 unspecified atom stereocenters. The van der Waals surface area contributed by atoms with E-state index < -0.39 is 23.7 Å². The zero-order valence-electron chi connectivity index (χ0n) is 15.3. The maximum absolute atomic E-state index is 12.9. The fourth-order valence-corrected chi connectivity index (χ4v) is 3.54. The highest BCUT2D eigenvalue weighted by atomic mass is 35.5. The van der Waals surface area contributed by atoms with Gasteiger partial charge in [-0.1, -0.05) is 23.2 Å². The quantitative estimate of drug-likeness (QED) is 0.774. The molecule has 0 saturated carbocycles. The van der Waals surface area contributed by atoms with Gasteiger partial charge in [0.25, 0.3) is 0 Å². The number of nitrogens with zero attached hydrogens (tertiary/aromatic N) is 4. The van der Waals surface area contributed by atoms with Gasteiger partial charge in [-0.05, 0) is 31.0 Å². The second-order valence-corrected chi connectivity index (χ2v) is 7.61. The summed E-state index contributed by atoms with van der Waals surface area (Å²) in [7, 11) is 1.05. The van der Waals surface area contributed by atoms with Crippen LogP contribution in [0.2, 0.25) is 10.0 Å². The summed E-state index contributed by atoms with van der Waals surface area (Å²) in [6.07, 6.45) is -3.87. The van der Waals surface area contributed by atoms with Crippen LogP contribution in [0.25, 0.3) is 0 Å². The molecule has 2 aromatic rings. The van der Waals surface area contributed by atoms with Crippen LogP contribution in [-0.2, 0) is 18.0 Å².